The van der Waals surface area contributed by atoms with Gasteiger partial charge in [-0.25, -0.2) is 14.8 Å². The number of aromatic nitrogens is 2. The predicted molar refractivity (Wildman–Crippen MR) is 90.9 cm³/mol. The van der Waals surface area contributed by atoms with Crippen LogP contribution in [-0.2, 0) is 9.47 Å². The smallest absolute Gasteiger partial charge is 0.337 e. The molecule has 0 bridgehead atoms. The molecule has 2 aromatic rings. The summed E-state index contributed by atoms with van der Waals surface area (Å²) in [6.45, 7) is 4.89. The summed E-state index contributed by atoms with van der Waals surface area (Å²) < 4.78 is 10.1. The van der Waals surface area contributed by atoms with Crippen LogP contribution in [0.15, 0.2) is 30.3 Å². The van der Waals surface area contributed by atoms with Gasteiger partial charge in [0.25, 0.3) is 0 Å². The number of hydrogen-bond donors (Lipinski definition) is 1. The number of carbonyl (C=O) groups is 1. The second-order valence-corrected chi connectivity index (χ2v) is 5.46. The summed E-state index contributed by atoms with van der Waals surface area (Å²) in [5.74, 6) is 1.88. The number of nitrogens with one attached hydrogen (secondary N) is 1. The maximum Gasteiger partial charge on any atom is 0.337 e. The zero-order valence-corrected chi connectivity index (χ0v) is 13.8. The third-order valence-corrected chi connectivity index (χ3v) is 3.72. The Morgan fingerprint density at radius 3 is 2.79 bits per heavy atom. The van der Waals surface area contributed by atoms with Gasteiger partial charge in [0, 0.05) is 24.8 Å². The van der Waals surface area contributed by atoms with Crippen molar-refractivity contribution in [3.63, 3.8) is 0 Å². The molecule has 0 radical (unpaired) electrons. The molecular weight excluding hydrogens is 308 g/mol. The molecule has 0 saturated carbocycles. The van der Waals surface area contributed by atoms with Gasteiger partial charge in [0.05, 0.1) is 25.9 Å². The van der Waals surface area contributed by atoms with Crippen LogP contribution < -0.4 is 10.2 Å². The molecule has 1 fully saturated rings. The quantitative estimate of drug-likeness (QED) is 0.862. The molecule has 0 spiro atoms. The number of ether oxygens (including phenoxy) is 2. The van der Waals surface area contributed by atoms with Crippen LogP contribution in [-0.4, -0.2) is 49.4 Å². The van der Waals surface area contributed by atoms with Gasteiger partial charge in [0.2, 0.25) is 0 Å². The molecule has 3 rings (SSSR count). The maximum absolute atomic E-state index is 11.6. The van der Waals surface area contributed by atoms with Crippen molar-refractivity contribution in [3.05, 3.63) is 41.7 Å². The van der Waals surface area contributed by atoms with E-state index in [1.165, 1.54) is 7.11 Å². The number of morpholine rings is 1. The lowest BCUT2D eigenvalue weighted by Gasteiger charge is -2.28. The highest BCUT2D eigenvalue weighted by Crippen LogP contribution is 2.21. The molecule has 0 atom stereocenters. The SMILES string of the molecule is COC(=O)c1cccc(Nc2cc(N3CCOCC3)nc(C)n2)c1. The lowest BCUT2D eigenvalue weighted by molar-refractivity contribution is 0.0601. The largest absolute Gasteiger partial charge is 0.465 e. The molecule has 1 aromatic carbocycles. The van der Waals surface area contributed by atoms with Crippen LogP contribution in [0.1, 0.15) is 16.2 Å². The van der Waals surface area contributed by atoms with Crippen molar-refractivity contribution in [2.24, 2.45) is 0 Å². The molecule has 126 valence electrons. The van der Waals surface area contributed by atoms with E-state index in [2.05, 4.69) is 20.2 Å². The number of carbonyl (C=O) groups excluding carboxylic acids is 1. The first kappa shape index (κ1) is 16.2. The van der Waals surface area contributed by atoms with Crippen LogP contribution in [0.5, 0.6) is 0 Å². The number of nitrogens with zero attached hydrogens (tertiary/aromatic N) is 3. The summed E-state index contributed by atoms with van der Waals surface area (Å²) in [7, 11) is 1.37. The van der Waals surface area contributed by atoms with Crippen LogP contribution in [0.3, 0.4) is 0 Å². The van der Waals surface area contributed by atoms with Gasteiger partial charge in [0.15, 0.2) is 0 Å². The molecule has 1 aromatic heterocycles. The van der Waals surface area contributed by atoms with Crippen molar-refractivity contribution in [2.45, 2.75) is 6.92 Å². The molecule has 2 heterocycles. The molecule has 0 amide bonds. The fraction of sp³-hybridized carbons (Fsp3) is 0.353. The van der Waals surface area contributed by atoms with E-state index in [0.717, 1.165) is 24.6 Å². The fourth-order valence-corrected chi connectivity index (χ4v) is 2.56. The number of hydrogen-bond acceptors (Lipinski definition) is 7. The van der Waals surface area contributed by atoms with Crippen LogP contribution in [0.4, 0.5) is 17.3 Å². The summed E-state index contributed by atoms with van der Waals surface area (Å²) in [5, 5.41) is 3.23. The third-order valence-electron chi connectivity index (χ3n) is 3.72. The van der Waals surface area contributed by atoms with Crippen molar-refractivity contribution in [1.29, 1.82) is 0 Å². The van der Waals surface area contributed by atoms with E-state index in [1.54, 1.807) is 18.2 Å². The van der Waals surface area contributed by atoms with E-state index in [0.29, 0.717) is 30.4 Å². The predicted octanol–water partition coefficient (Wildman–Crippen LogP) is 2.15. The number of rotatable bonds is 4. The average Bonchev–Trinajstić information content (AvgIpc) is 2.61. The van der Waals surface area contributed by atoms with E-state index in [1.807, 2.05) is 19.1 Å². The number of anilines is 3. The normalized spacial score (nSPS) is 14.3. The first-order valence-corrected chi connectivity index (χ1v) is 7.79. The number of methoxy groups -OCH3 is 1. The summed E-state index contributed by atoms with van der Waals surface area (Å²) in [5.41, 5.74) is 1.26. The van der Waals surface area contributed by atoms with Crippen molar-refractivity contribution in [3.8, 4) is 0 Å². The lowest BCUT2D eigenvalue weighted by Crippen LogP contribution is -2.36. The van der Waals surface area contributed by atoms with Crippen molar-refractivity contribution in [1.82, 2.24) is 9.97 Å². The topological polar surface area (TPSA) is 76.6 Å². The van der Waals surface area contributed by atoms with Crippen LogP contribution in [0.2, 0.25) is 0 Å². The highest BCUT2D eigenvalue weighted by Gasteiger charge is 2.14. The molecule has 7 nitrogen and oxygen atoms in total. The summed E-state index contributed by atoms with van der Waals surface area (Å²) in [6, 6.07) is 9.02. The van der Waals surface area contributed by atoms with Gasteiger partial charge in [-0.1, -0.05) is 6.07 Å². The summed E-state index contributed by atoms with van der Waals surface area (Å²) in [6.07, 6.45) is 0. The molecule has 7 heteroatoms. The van der Waals surface area contributed by atoms with Gasteiger partial charge in [-0.15, -0.1) is 0 Å². The highest BCUT2D eigenvalue weighted by molar-refractivity contribution is 5.90. The third kappa shape index (κ3) is 3.80. The van der Waals surface area contributed by atoms with E-state index < -0.39 is 0 Å². The Bertz CT molecular complexity index is 730. The van der Waals surface area contributed by atoms with E-state index in [-0.39, 0.29) is 5.97 Å². The van der Waals surface area contributed by atoms with Gasteiger partial charge in [0.1, 0.15) is 17.5 Å². The van der Waals surface area contributed by atoms with Crippen molar-refractivity contribution < 1.29 is 14.3 Å². The number of esters is 1. The Morgan fingerprint density at radius 2 is 2.04 bits per heavy atom. The molecule has 1 N–H and O–H groups in total. The first-order valence-electron chi connectivity index (χ1n) is 7.79. The Balaban J connectivity index is 1.82. The lowest BCUT2D eigenvalue weighted by atomic mass is 10.2. The van der Waals surface area contributed by atoms with Gasteiger partial charge in [-0.2, -0.15) is 0 Å². The van der Waals surface area contributed by atoms with E-state index in [9.17, 15) is 4.79 Å². The van der Waals surface area contributed by atoms with E-state index in [4.69, 9.17) is 9.47 Å². The molecule has 24 heavy (non-hydrogen) atoms. The Hall–Kier alpha value is -2.67. The van der Waals surface area contributed by atoms with Gasteiger partial charge < -0.3 is 19.7 Å². The second kappa shape index (κ2) is 7.27. The van der Waals surface area contributed by atoms with Gasteiger partial charge >= 0.3 is 5.97 Å². The molecule has 1 aliphatic heterocycles. The minimum absolute atomic E-state index is 0.369. The van der Waals surface area contributed by atoms with Gasteiger partial charge in [-0.05, 0) is 25.1 Å². The summed E-state index contributed by atoms with van der Waals surface area (Å²) >= 11 is 0. The summed E-state index contributed by atoms with van der Waals surface area (Å²) in [4.78, 5) is 22.7. The molecule has 1 saturated heterocycles. The average molecular weight is 328 g/mol. The monoisotopic (exact) mass is 328 g/mol. The molecule has 1 aliphatic rings. The maximum atomic E-state index is 11.6. The fourth-order valence-electron chi connectivity index (χ4n) is 2.56. The van der Waals surface area contributed by atoms with Crippen LogP contribution in [0.25, 0.3) is 0 Å². The Labute approximate surface area is 140 Å². The first-order chi connectivity index (χ1) is 11.7. The van der Waals surface area contributed by atoms with Gasteiger partial charge in [-0.3, -0.25) is 0 Å². The number of benzene rings is 1. The standard InChI is InChI=1S/C17H20N4O3/c1-12-18-15(11-16(19-12)21-6-8-24-9-7-21)20-14-5-3-4-13(10-14)17(22)23-2/h3-5,10-11H,6-9H2,1-2H3,(H,18,19,20). The second-order valence-electron chi connectivity index (χ2n) is 5.46. The van der Waals surface area contributed by atoms with Crippen LogP contribution in [0, 0.1) is 6.92 Å². The van der Waals surface area contributed by atoms with Crippen molar-refractivity contribution >= 4 is 23.3 Å². The molecular formula is C17H20N4O3. The molecule has 0 unspecified atom stereocenters. The number of aryl methyl sites for hydroxylation is 1. The highest BCUT2D eigenvalue weighted by atomic mass is 16.5. The Morgan fingerprint density at radius 1 is 1.25 bits per heavy atom. The van der Waals surface area contributed by atoms with Crippen LogP contribution >= 0.6 is 0 Å². The minimum Gasteiger partial charge on any atom is -0.465 e. The molecule has 0 aliphatic carbocycles. The van der Waals surface area contributed by atoms with Crippen molar-refractivity contribution in [2.75, 3.05) is 43.6 Å². The zero-order valence-electron chi connectivity index (χ0n) is 13.8. The minimum atomic E-state index is -0.369. The Kier molecular flexibility index (Phi) is 4.90. The van der Waals surface area contributed by atoms with E-state index >= 15 is 0 Å². The zero-order chi connectivity index (χ0) is 16.9.